The molecule has 2 nitrogen and oxygen atoms in total. The minimum absolute atomic E-state index is 0.194. The minimum Gasteiger partial charge on any atom is -0.330 e. The lowest BCUT2D eigenvalue weighted by Gasteiger charge is -2.18. The Morgan fingerprint density at radius 2 is 1.70 bits per heavy atom. The van der Waals surface area contributed by atoms with Gasteiger partial charge >= 0.3 is 0 Å². The topological polar surface area (TPSA) is 29.1 Å². The van der Waals surface area contributed by atoms with E-state index in [1.807, 2.05) is 0 Å². The van der Waals surface area contributed by atoms with Gasteiger partial charge in [0.1, 0.15) is 0 Å². The van der Waals surface area contributed by atoms with Gasteiger partial charge in [0.25, 0.3) is 0 Å². The zero-order valence-electron chi connectivity index (χ0n) is 14.5. The summed E-state index contributed by atoms with van der Waals surface area (Å²) >= 11 is 0. The summed E-state index contributed by atoms with van der Waals surface area (Å²) < 4.78 is 0. The van der Waals surface area contributed by atoms with Crippen LogP contribution in [0.1, 0.15) is 86.5 Å². The van der Waals surface area contributed by atoms with E-state index in [2.05, 4.69) is 46.9 Å². The molecule has 2 heteroatoms. The third kappa shape index (κ3) is 7.72. The first kappa shape index (κ1) is 19.2. The van der Waals surface area contributed by atoms with Crippen LogP contribution in [-0.4, -0.2) is 5.91 Å². The predicted octanol–water partition coefficient (Wildman–Crippen LogP) is 5.44. The van der Waals surface area contributed by atoms with Crippen molar-refractivity contribution in [1.29, 1.82) is 0 Å². The van der Waals surface area contributed by atoms with Crippen LogP contribution < -0.4 is 5.32 Å². The molecule has 2 unspecified atom stereocenters. The summed E-state index contributed by atoms with van der Waals surface area (Å²) in [6, 6.07) is 0. The van der Waals surface area contributed by atoms with Gasteiger partial charge in [0.15, 0.2) is 0 Å². The van der Waals surface area contributed by atoms with E-state index in [-0.39, 0.29) is 5.91 Å². The number of rotatable bonds is 10. The summed E-state index contributed by atoms with van der Waals surface area (Å²) in [4.78, 5) is 12.1. The van der Waals surface area contributed by atoms with Gasteiger partial charge in [0.2, 0.25) is 5.91 Å². The molecule has 0 saturated heterocycles. The lowest BCUT2D eigenvalue weighted by atomic mass is 9.95. The maximum absolute atomic E-state index is 12.1. The van der Waals surface area contributed by atoms with Crippen LogP contribution in [0.2, 0.25) is 0 Å². The van der Waals surface area contributed by atoms with Crippen LogP contribution in [0.5, 0.6) is 0 Å². The van der Waals surface area contributed by atoms with E-state index < -0.39 is 0 Å². The van der Waals surface area contributed by atoms with E-state index >= 15 is 0 Å². The smallest absolute Gasteiger partial charge is 0.224 e. The maximum atomic E-state index is 12.1. The lowest BCUT2D eigenvalue weighted by molar-refractivity contribution is -0.120. The van der Waals surface area contributed by atoms with Crippen molar-refractivity contribution in [1.82, 2.24) is 5.32 Å². The summed E-state index contributed by atoms with van der Waals surface area (Å²) in [6.45, 7) is 13.2. The summed E-state index contributed by atoms with van der Waals surface area (Å²) in [7, 11) is 0. The van der Waals surface area contributed by atoms with Crippen molar-refractivity contribution in [2.24, 2.45) is 11.8 Å². The van der Waals surface area contributed by atoms with Crippen molar-refractivity contribution >= 4 is 5.91 Å². The highest BCUT2D eigenvalue weighted by Crippen LogP contribution is 2.20. The molecule has 0 fully saturated rings. The molecule has 0 aliphatic carbocycles. The Labute approximate surface area is 126 Å². The summed E-state index contributed by atoms with van der Waals surface area (Å²) in [5, 5.41) is 3.19. The zero-order valence-corrected chi connectivity index (χ0v) is 14.5. The number of nitrogens with one attached hydrogen (secondary N) is 1. The van der Waals surface area contributed by atoms with Crippen molar-refractivity contribution in [3.8, 4) is 0 Å². The van der Waals surface area contributed by atoms with Crippen molar-refractivity contribution in [2.45, 2.75) is 86.5 Å². The second kappa shape index (κ2) is 10.9. The van der Waals surface area contributed by atoms with Crippen LogP contribution >= 0.6 is 0 Å². The normalized spacial score (nSPS) is 15.5. The van der Waals surface area contributed by atoms with Gasteiger partial charge in [-0.2, -0.15) is 0 Å². The van der Waals surface area contributed by atoms with Gasteiger partial charge in [-0.05, 0) is 44.4 Å². The van der Waals surface area contributed by atoms with E-state index in [1.165, 1.54) is 17.7 Å². The summed E-state index contributed by atoms with van der Waals surface area (Å²) in [5.41, 5.74) is 2.54. The van der Waals surface area contributed by atoms with Crippen LogP contribution in [0.3, 0.4) is 0 Å². The molecule has 1 amide bonds. The van der Waals surface area contributed by atoms with Gasteiger partial charge in [-0.1, -0.05) is 53.0 Å². The average molecular weight is 281 g/mol. The van der Waals surface area contributed by atoms with E-state index in [4.69, 9.17) is 0 Å². The van der Waals surface area contributed by atoms with Crippen molar-refractivity contribution in [2.75, 3.05) is 0 Å². The fourth-order valence-corrected chi connectivity index (χ4v) is 2.13. The Balaban J connectivity index is 4.60. The predicted molar refractivity (Wildman–Crippen MR) is 88.5 cm³/mol. The van der Waals surface area contributed by atoms with Crippen LogP contribution in [0.15, 0.2) is 11.3 Å². The van der Waals surface area contributed by atoms with Crippen molar-refractivity contribution in [3.63, 3.8) is 0 Å². The van der Waals surface area contributed by atoms with Gasteiger partial charge in [-0.15, -0.1) is 0 Å². The van der Waals surface area contributed by atoms with Crippen molar-refractivity contribution in [3.05, 3.63) is 11.3 Å². The molecule has 0 radical (unpaired) electrons. The molecular weight excluding hydrogens is 246 g/mol. The number of amides is 1. The Morgan fingerprint density at radius 3 is 2.20 bits per heavy atom. The fourth-order valence-electron chi connectivity index (χ4n) is 2.13. The second-order valence-corrected chi connectivity index (χ2v) is 6.17. The number of carbonyl (C=O) groups excluding carboxylic acids is 1. The van der Waals surface area contributed by atoms with E-state index in [0.29, 0.717) is 18.3 Å². The van der Waals surface area contributed by atoms with E-state index in [1.54, 1.807) is 0 Å². The molecule has 0 aliphatic heterocycles. The third-order valence-electron chi connectivity index (χ3n) is 4.46. The molecule has 0 aromatic heterocycles. The van der Waals surface area contributed by atoms with Gasteiger partial charge in [-0.25, -0.2) is 0 Å². The molecule has 0 saturated carbocycles. The molecule has 0 bridgehead atoms. The Bertz CT molecular complexity index is 307. The largest absolute Gasteiger partial charge is 0.330 e. The molecule has 0 spiro atoms. The molecular formula is C18H35NO. The highest BCUT2D eigenvalue weighted by atomic mass is 16.1. The summed E-state index contributed by atoms with van der Waals surface area (Å²) in [5.74, 6) is 1.38. The van der Waals surface area contributed by atoms with Crippen LogP contribution in [-0.2, 0) is 4.79 Å². The van der Waals surface area contributed by atoms with Crippen LogP contribution in [0, 0.1) is 11.8 Å². The fraction of sp³-hybridized carbons (Fsp3) is 0.833. The van der Waals surface area contributed by atoms with Gasteiger partial charge in [0.05, 0.1) is 0 Å². The molecule has 2 atom stereocenters. The molecule has 0 rings (SSSR count). The molecule has 0 aromatic rings. The second-order valence-electron chi connectivity index (χ2n) is 6.17. The van der Waals surface area contributed by atoms with Crippen LogP contribution in [0.4, 0.5) is 0 Å². The zero-order chi connectivity index (χ0) is 15.5. The summed E-state index contributed by atoms with van der Waals surface area (Å²) in [6.07, 6.45) is 7.24. The van der Waals surface area contributed by atoms with Gasteiger partial charge < -0.3 is 5.32 Å². The lowest BCUT2D eigenvalue weighted by Crippen LogP contribution is -2.25. The quantitative estimate of drug-likeness (QED) is 0.567. The molecule has 118 valence electrons. The highest BCUT2D eigenvalue weighted by Gasteiger charge is 2.12. The molecule has 0 aliphatic rings. The molecule has 1 N–H and O–H groups in total. The SMILES string of the molecule is CCCC/C(NC(=O)CCC(C)CC)=C(/C)C(C)CC. The van der Waals surface area contributed by atoms with Gasteiger partial charge in [-0.3, -0.25) is 4.79 Å². The minimum atomic E-state index is 0.194. The first-order chi connectivity index (χ1) is 9.46. The first-order valence-electron chi connectivity index (χ1n) is 8.45. The Morgan fingerprint density at radius 1 is 1.05 bits per heavy atom. The molecule has 0 aromatic carbocycles. The van der Waals surface area contributed by atoms with E-state index in [0.717, 1.165) is 32.1 Å². The maximum Gasteiger partial charge on any atom is 0.224 e. The monoisotopic (exact) mass is 281 g/mol. The highest BCUT2D eigenvalue weighted by molar-refractivity contribution is 5.77. The number of hydrogen-bond donors (Lipinski definition) is 1. The Hall–Kier alpha value is -0.790. The number of hydrogen-bond acceptors (Lipinski definition) is 1. The first-order valence-corrected chi connectivity index (χ1v) is 8.45. The Kier molecular flexibility index (Phi) is 10.5. The molecule has 0 heterocycles. The van der Waals surface area contributed by atoms with Crippen LogP contribution in [0.25, 0.3) is 0 Å². The third-order valence-corrected chi connectivity index (χ3v) is 4.46. The standard InChI is InChI=1S/C18H35NO/c1-7-10-11-17(16(6)15(5)9-3)19-18(20)13-12-14(4)8-2/h14-15H,7-13H2,1-6H3,(H,19,20)/b17-16+. The average Bonchev–Trinajstić information content (AvgIpc) is 2.47. The number of carbonyl (C=O) groups is 1. The number of unbranched alkanes of at least 4 members (excludes halogenated alkanes) is 1. The van der Waals surface area contributed by atoms with Gasteiger partial charge in [0, 0.05) is 12.1 Å². The van der Waals surface area contributed by atoms with E-state index in [9.17, 15) is 4.79 Å². The molecule has 20 heavy (non-hydrogen) atoms. The van der Waals surface area contributed by atoms with Crippen molar-refractivity contribution < 1.29 is 4.79 Å². The number of allylic oxidation sites excluding steroid dienone is 2.